The van der Waals surface area contributed by atoms with Crippen molar-refractivity contribution >= 4 is 35.1 Å². The number of hydrogen-bond acceptors (Lipinski definition) is 3. The fourth-order valence-electron chi connectivity index (χ4n) is 2.60. The molecule has 1 unspecified atom stereocenters. The number of amides is 1. The van der Waals surface area contributed by atoms with E-state index in [-0.39, 0.29) is 24.3 Å². The van der Waals surface area contributed by atoms with Crippen LogP contribution in [0.25, 0.3) is 0 Å². The highest BCUT2D eigenvalue weighted by atomic mass is 35.5. The number of benzene rings is 1. The van der Waals surface area contributed by atoms with E-state index in [9.17, 15) is 9.59 Å². The molecule has 1 aliphatic heterocycles. The number of hydrogen-bond donors (Lipinski definition) is 0. The van der Waals surface area contributed by atoms with Crippen molar-refractivity contribution in [1.82, 2.24) is 4.90 Å². The number of halogens is 2. The number of piperidine rings is 1. The maximum atomic E-state index is 12.7. The minimum atomic E-state index is -0.315. The molecule has 1 aromatic rings. The molecule has 6 heteroatoms. The first-order valence-electron chi connectivity index (χ1n) is 6.86. The smallest absolute Gasteiger partial charge is 0.307 e. The molecule has 1 saturated heterocycles. The van der Waals surface area contributed by atoms with Crippen LogP contribution in [0.4, 0.5) is 0 Å². The number of esters is 1. The van der Waals surface area contributed by atoms with Gasteiger partial charge in [0, 0.05) is 12.6 Å². The topological polar surface area (TPSA) is 46.6 Å². The molecule has 1 aromatic carbocycles. The molecule has 0 N–H and O–H groups in total. The van der Waals surface area contributed by atoms with E-state index >= 15 is 0 Å². The van der Waals surface area contributed by atoms with Gasteiger partial charge in [0.1, 0.15) is 0 Å². The Balaban J connectivity index is 2.24. The Morgan fingerprint density at radius 3 is 2.57 bits per heavy atom. The molecule has 0 radical (unpaired) electrons. The van der Waals surface area contributed by atoms with Crippen molar-refractivity contribution in [1.29, 1.82) is 0 Å². The van der Waals surface area contributed by atoms with E-state index in [2.05, 4.69) is 0 Å². The van der Waals surface area contributed by atoms with Crippen molar-refractivity contribution in [2.45, 2.75) is 31.7 Å². The van der Waals surface area contributed by atoms with Gasteiger partial charge in [-0.3, -0.25) is 9.59 Å². The van der Waals surface area contributed by atoms with Crippen LogP contribution in [-0.2, 0) is 9.53 Å². The van der Waals surface area contributed by atoms with Crippen LogP contribution in [0.3, 0.4) is 0 Å². The summed E-state index contributed by atoms with van der Waals surface area (Å²) >= 11 is 12.2. The van der Waals surface area contributed by atoms with Crippen LogP contribution in [-0.4, -0.2) is 36.5 Å². The van der Waals surface area contributed by atoms with Crippen LogP contribution >= 0.6 is 23.2 Å². The average Bonchev–Trinajstić information content (AvgIpc) is 2.47. The second-order valence-electron chi connectivity index (χ2n) is 5.03. The quantitative estimate of drug-likeness (QED) is 0.796. The van der Waals surface area contributed by atoms with Gasteiger partial charge in [0.25, 0.3) is 5.91 Å². The van der Waals surface area contributed by atoms with E-state index in [1.165, 1.54) is 7.11 Å². The second-order valence-corrected chi connectivity index (χ2v) is 5.84. The fourth-order valence-corrected chi connectivity index (χ4v) is 3.16. The number of carbonyl (C=O) groups excluding carboxylic acids is 2. The van der Waals surface area contributed by atoms with Crippen LogP contribution in [0.2, 0.25) is 10.0 Å². The lowest BCUT2D eigenvalue weighted by molar-refractivity contribution is -0.142. The molecule has 0 aromatic heterocycles. The Morgan fingerprint density at radius 2 is 1.95 bits per heavy atom. The van der Waals surface area contributed by atoms with Crippen molar-refractivity contribution in [2.75, 3.05) is 13.7 Å². The molecule has 1 amide bonds. The molecule has 114 valence electrons. The van der Waals surface area contributed by atoms with Gasteiger partial charge in [0.2, 0.25) is 0 Å². The first kappa shape index (κ1) is 16.1. The van der Waals surface area contributed by atoms with Gasteiger partial charge in [-0.1, -0.05) is 29.3 Å². The summed E-state index contributed by atoms with van der Waals surface area (Å²) in [5.41, 5.74) is 0.303. The van der Waals surface area contributed by atoms with Crippen molar-refractivity contribution in [3.63, 3.8) is 0 Å². The SMILES string of the molecule is COC(=O)CC1CCCCN1C(=O)c1c(Cl)cccc1Cl. The highest BCUT2D eigenvalue weighted by Gasteiger charge is 2.31. The summed E-state index contributed by atoms with van der Waals surface area (Å²) in [6, 6.07) is 4.81. The predicted octanol–water partition coefficient (Wildman–Crippen LogP) is 3.55. The summed E-state index contributed by atoms with van der Waals surface area (Å²) in [5, 5.41) is 0.657. The Morgan fingerprint density at radius 1 is 1.29 bits per heavy atom. The first-order valence-corrected chi connectivity index (χ1v) is 7.62. The van der Waals surface area contributed by atoms with Gasteiger partial charge in [-0.15, -0.1) is 0 Å². The average molecular weight is 330 g/mol. The van der Waals surface area contributed by atoms with Gasteiger partial charge in [0.05, 0.1) is 29.1 Å². The van der Waals surface area contributed by atoms with Gasteiger partial charge in [-0.05, 0) is 31.4 Å². The molecular formula is C15H17Cl2NO3. The van der Waals surface area contributed by atoms with Gasteiger partial charge >= 0.3 is 5.97 Å². The third-order valence-electron chi connectivity index (χ3n) is 3.69. The molecule has 1 fully saturated rings. The van der Waals surface area contributed by atoms with Crippen molar-refractivity contribution in [3.05, 3.63) is 33.8 Å². The van der Waals surface area contributed by atoms with Crippen LogP contribution in [0, 0.1) is 0 Å². The third-order valence-corrected chi connectivity index (χ3v) is 4.32. The maximum Gasteiger partial charge on any atom is 0.307 e. The minimum Gasteiger partial charge on any atom is -0.469 e. The molecule has 21 heavy (non-hydrogen) atoms. The summed E-state index contributed by atoms with van der Waals surface area (Å²) < 4.78 is 4.71. The van der Waals surface area contributed by atoms with Gasteiger partial charge in [-0.2, -0.15) is 0 Å². The largest absolute Gasteiger partial charge is 0.469 e. The monoisotopic (exact) mass is 329 g/mol. The van der Waals surface area contributed by atoms with Crippen molar-refractivity contribution in [3.8, 4) is 0 Å². The lowest BCUT2D eigenvalue weighted by atomic mass is 9.98. The van der Waals surface area contributed by atoms with E-state index in [0.29, 0.717) is 22.2 Å². The van der Waals surface area contributed by atoms with E-state index < -0.39 is 0 Å². The van der Waals surface area contributed by atoms with Gasteiger partial charge < -0.3 is 9.64 Å². The predicted molar refractivity (Wildman–Crippen MR) is 81.8 cm³/mol. The third kappa shape index (κ3) is 3.69. The zero-order valence-electron chi connectivity index (χ0n) is 11.8. The summed E-state index contributed by atoms with van der Waals surface area (Å²) in [6.07, 6.45) is 2.88. The molecule has 2 rings (SSSR count). The van der Waals surface area contributed by atoms with E-state index in [1.54, 1.807) is 23.1 Å². The van der Waals surface area contributed by atoms with E-state index in [0.717, 1.165) is 19.3 Å². The zero-order chi connectivity index (χ0) is 15.4. The van der Waals surface area contributed by atoms with Gasteiger partial charge in [0.15, 0.2) is 0 Å². The van der Waals surface area contributed by atoms with Gasteiger partial charge in [-0.25, -0.2) is 0 Å². The molecular weight excluding hydrogens is 313 g/mol. The summed E-state index contributed by atoms with van der Waals surface area (Å²) in [5.74, 6) is -0.538. The Bertz CT molecular complexity index is 527. The molecule has 0 saturated carbocycles. The number of rotatable bonds is 3. The lowest BCUT2D eigenvalue weighted by Crippen LogP contribution is -2.45. The highest BCUT2D eigenvalue weighted by molar-refractivity contribution is 6.39. The Hall–Kier alpha value is -1.26. The Kier molecular flexibility index (Phi) is 5.48. The van der Waals surface area contributed by atoms with E-state index in [4.69, 9.17) is 27.9 Å². The number of nitrogens with zero attached hydrogens (tertiary/aromatic N) is 1. The minimum absolute atomic E-state index is 0.161. The molecule has 0 aliphatic carbocycles. The summed E-state index contributed by atoms with van der Waals surface area (Å²) in [6.45, 7) is 0.599. The fraction of sp³-hybridized carbons (Fsp3) is 0.467. The molecule has 0 spiro atoms. The standard InChI is InChI=1S/C15H17Cl2NO3/c1-21-13(19)9-10-5-2-3-8-18(10)15(20)14-11(16)6-4-7-12(14)17/h4,6-7,10H,2-3,5,8-9H2,1H3. The number of methoxy groups -OCH3 is 1. The number of ether oxygens (including phenoxy) is 1. The zero-order valence-corrected chi connectivity index (χ0v) is 13.3. The Labute approximate surface area is 134 Å². The van der Waals surface area contributed by atoms with Crippen molar-refractivity contribution < 1.29 is 14.3 Å². The first-order chi connectivity index (χ1) is 10.0. The number of carbonyl (C=O) groups is 2. The maximum absolute atomic E-state index is 12.7. The molecule has 4 nitrogen and oxygen atoms in total. The van der Waals surface area contributed by atoms with Crippen molar-refractivity contribution in [2.24, 2.45) is 0 Å². The summed E-state index contributed by atoms with van der Waals surface area (Å²) in [4.78, 5) is 25.9. The normalized spacial score (nSPS) is 18.4. The van der Waals surface area contributed by atoms with Crippen LogP contribution in [0.15, 0.2) is 18.2 Å². The van der Waals surface area contributed by atoms with Crippen LogP contribution in [0.5, 0.6) is 0 Å². The number of likely N-dealkylation sites (tertiary alicyclic amines) is 1. The lowest BCUT2D eigenvalue weighted by Gasteiger charge is -2.35. The molecule has 0 bridgehead atoms. The molecule has 1 atom stereocenters. The van der Waals surface area contributed by atoms with Crippen LogP contribution < -0.4 is 0 Å². The van der Waals surface area contributed by atoms with Crippen LogP contribution in [0.1, 0.15) is 36.0 Å². The second kappa shape index (κ2) is 7.14. The highest BCUT2D eigenvalue weighted by Crippen LogP contribution is 2.29. The summed E-state index contributed by atoms with van der Waals surface area (Å²) in [7, 11) is 1.35. The van der Waals surface area contributed by atoms with E-state index in [1.807, 2.05) is 0 Å². The molecule has 1 heterocycles. The molecule has 1 aliphatic rings.